The van der Waals surface area contributed by atoms with Gasteiger partial charge >= 0.3 is 0 Å². The minimum absolute atomic E-state index is 0.0151. The number of amides is 3. The first kappa shape index (κ1) is 26.4. The van der Waals surface area contributed by atoms with Crippen molar-refractivity contribution in [2.75, 3.05) is 24.4 Å². The van der Waals surface area contributed by atoms with Gasteiger partial charge in [0.2, 0.25) is 5.91 Å². The number of ether oxygens (including phenoxy) is 3. The Morgan fingerprint density at radius 2 is 1.76 bits per heavy atom. The van der Waals surface area contributed by atoms with Gasteiger partial charge in [-0.1, -0.05) is 12.1 Å². The van der Waals surface area contributed by atoms with Gasteiger partial charge in [0.25, 0.3) is 11.8 Å². The van der Waals surface area contributed by atoms with Crippen molar-refractivity contribution < 1.29 is 28.6 Å². The third kappa shape index (κ3) is 5.98. The van der Waals surface area contributed by atoms with Crippen LogP contribution in [-0.4, -0.2) is 37.1 Å². The predicted molar refractivity (Wildman–Crippen MR) is 147 cm³/mol. The summed E-state index contributed by atoms with van der Waals surface area (Å²) >= 11 is 5.27. The van der Waals surface area contributed by atoms with E-state index in [0.717, 1.165) is 0 Å². The maximum atomic E-state index is 13.4. The zero-order valence-electron chi connectivity index (χ0n) is 20.9. The summed E-state index contributed by atoms with van der Waals surface area (Å²) < 4.78 is 16.6. The van der Waals surface area contributed by atoms with E-state index >= 15 is 0 Å². The van der Waals surface area contributed by atoms with E-state index in [1.165, 1.54) is 25.0 Å². The molecule has 38 heavy (non-hydrogen) atoms. The maximum Gasteiger partial charge on any atom is 0.270 e. The van der Waals surface area contributed by atoms with Crippen LogP contribution in [0.3, 0.4) is 0 Å². The van der Waals surface area contributed by atoms with Crippen molar-refractivity contribution in [3.05, 3.63) is 83.4 Å². The third-order valence-corrected chi connectivity index (χ3v) is 5.88. The quantitative estimate of drug-likeness (QED) is 0.256. The Morgan fingerprint density at radius 1 is 1.00 bits per heavy atom. The highest BCUT2D eigenvalue weighted by Crippen LogP contribution is 2.27. The van der Waals surface area contributed by atoms with Crippen LogP contribution in [0.1, 0.15) is 18.1 Å². The first-order valence-electron chi connectivity index (χ1n) is 11.5. The molecule has 0 atom stereocenters. The van der Waals surface area contributed by atoms with Crippen LogP contribution in [0.2, 0.25) is 0 Å². The average molecular weight is 532 g/mol. The van der Waals surface area contributed by atoms with Crippen molar-refractivity contribution in [1.82, 2.24) is 5.32 Å². The van der Waals surface area contributed by atoms with Crippen LogP contribution in [0.25, 0.3) is 6.08 Å². The molecule has 3 aromatic rings. The molecule has 1 aliphatic rings. The summed E-state index contributed by atoms with van der Waals surface area (Å²) in [7, 11) is 3.07. The molecule has 1 saturated heterocycles. The molecule has 10 heteroatoms. The van der Waals surface area contributed by atoms with E-state index in [9.17, 15) is 14.4 Å². The Hall–Kier alpha value is -4.70. The standard InChI is InChI=1S/C28H25N3O6S/c1-17(32)29-20-8-10-22(11-9-20)37-16-19-13-18(7-12-25(19)36-3)14-24-26(33)30-28(38)31(27(24)34)21-5-4-6-23(15-21)35-2/h4-15H,16H2,1-3H3,(H,29,32)(H,30,33,38). The number of hydrogen-bond donors (Lipinski definition) is 2. The van der Waals surface area contributed by atoms with E-state index in [0.29, 0.717) is 39.8 Å². The molecule has 1 fully saturated rings. The van der Waals surface area contributed by atoms with Gasteiger partial charge in [0.15, 0.2) is 5.11 Å². The molecule has 194 valence electrons. The van der Waals surface area contributed by atoms with Gasteiger partial charge in [-0.05, 0) is 72.4 Å². The van der Waals surface area contributed by atoms with Crippen molar-refractivity contribution in [1.29, 1.82) is 0 Å². The summed E-state index contributed by atoms with van der Waals surface area (Å²) in [4.78, 5) is 38.5. The molecule has 4 rings (SSSR count). The lowest BCUT2D eigenvalue weighted by atomic mass is 10.0. The lowest BCUT2D eigenvalue weighted by Gasteiger charge is -2.29. The molecule has 1 heterocycles. The fourth-order valence-corrected chi connectivity index (χ4v) is 4.09. The number of carbonyl (C=O) groups is 3. The van der Waals surface area contributed by atoms with E-state index in [-0.39, 0.29) is 23.2 Å². The van der Waals surface area contributed by atoms with Crippen LogP contribution in [0.5, 0.6) is 17.2 Å². The minimum atomic E-state index is -0.591. The Labute approximate surface area is 225 Å². The second-order valence-electron chi connectivity index (χ2n) is 8.22. The van der Waals surface area contributed by atoms with Gasteiger partial charge in [0.05, 0.1) is 19.9 Å². The fraction of sp³-hybridized carbons (Fsp3) is 0.143. The lowest BCUT2D eigenvalue weighted by Crippen LogP contribution is -2.54. The molecular formula is C28H25N3O6S. The number of carbonyl (C=O) groups excluding carboxylic acids is 3. The van der Waals surface area contributed by atoms with E-state index in [1.54, 1.807) is 73.8 Å². The normalized spacial score (nSPS) is 14.2. The number of thiocarbonyl (C=S) groups is 1. The third-order valence-electron chi connectivity index (χ3n) is 5.60. The predicted octanol–water partition coefficient (Wildman–Crippen LogP) is 4.07. The molecule has 0 aromatic heterocycles. The van der Waals surface area contributed by atoms with E-state index in [2.05, 4.69) is 10.6 Å². The lowest BCUT2D eigenvalue weighted by molar-refractivity contribution is -0.122. The van der Waals surface area contributed by atoms with E-state index < -0.39 is 11.8 Å². The van der Waals surface area contributed by atoms with E-state index in [1.807, 2.05) is 0 Å². The van der Waals surface area contributed by atoms with Crippen LogP contribution >= 0.6 is 12.2 Å². The zero-order chi connectivity index (χ0) is 27.2. The summed E-state index contributed by atoms with van der Waals surface area (Å²) in [5, 5.41) is 5.26. The second-order valence-corrected chi connectivity index (χ2v) is 8.61. The van der Waals surface area contributed by atoms with Crippen molar-refractivity contribution in [3.8, 4) is 17.2 Å². The van der Waals surface area contributed by atoms with Crippen molar-refractivity contribution >= 4 is 52.5 Å². The number of rotatable bonds is 8. The Balaban J connectivity index is 1.58. The van der Waals surface area contributed by atoms with Crippen LogP contribution in [0.15, 0.2) is 72.3 Å². The van der Waals surface area contributed by atoms with Gasteiger partial charge < -0.3 is 19.5 Å². The highest BCUT2D eigenvalue weighted by atomic mass is 32.1. The molecule has 0 bridgehead atoms. The van der Waals surface area contributed by atoms with Crippen LogP contribution in [0, 0.1) is 0 Å². The maximum absolute atomic E-state index is 13.4. The Kier molecular flexibility index (Phi) is 8.03. The van der Waals surface area contributed by atoms with Crippen molar-refractivity contribution in [2.24, 2.45) is 0 Å². The van der Waals surface area contributed by atoms with Crippen LogP contribution < -0.4 is 29.7 Å². The summed E-state index contributed by atoms with van der Waals surface area (Å²) in [5.41, 5.74) is 2.36. The molecule has 0 unspecified atom stereocenters. The number of anilines is 2. The Morgan fingerprint density at radius 3 is 2.45 bits per heavy atom. The molecule has 9 nitrogen and oxygen atoms in total. The molecule has 0 aliphatic carbocycles. The van der Waals surface area contributed by atoms with Gasteiger partial charge in [-0.15, -0.1) is 0 Å². The monoisotopic (exact) mass is 531 g/mol. The molecule has 3 amide bonds. The zero-order valence-corrected chi connectivity index (χ0v) is 21.8. The largest absolute Gasteiger partial charge is 0.497 e. The molecule has 3 aromatic carbocycles. The van der Waals surface area contributed by atoms with Gasteiger partial charge in [-0.3, -0.25) is 24.6 Å². The summed E-state index contributed by atoms with van der Waals surface area (Å²) in [6, 6.07) is 19.0. The number of benzene rings is 3. The van der Waals surface area contributed by atoms with Gasteiger partial charge in [-0.25, -0.2) is 0 Å². The van der Waals surface area contributed by atoms with Crippen molar-refractivity contribution in [3.63, 3.8) is 0 Å². The summed E-state index contributed by atoms with van der Waals surface area (Å²) in [5.74, 6) is 0.416. The highest BCUT2D eigenvalue weighted by Gasteiger charge is 2.34. The first-order valence-corrected chi connectivity index (χ1v) is 11.9. The second kappa shape index (κ2) is 11.6. The smallest absolute Gasteiger partial charge is 0.270 e. The van der Waals surface area contributed by atoms with Gasteiger partial charge in [0.1, 0.15) is 29.4 Å². The highest BCUT2D eigenvalue weighted by molar-refractivity contribution is 7.80. The number of nitrogens with zero attached hydrogens (tertiary/aromatic N) is 1. The van der Waals surface area contributed by atoms with Crippen LogP contribution in [0.4, 0.5) is 11.4 Å². The minimum Gasteiger partial charge on any atom is -0.497 e. The summed E-state index contributed by atoms with van der Waals surface area (Å²) in [6.45, 7) is 1.61. The van der Waals surface area contributed by atoms with Gasteiger partial charge in [-0.2, -0.15) is 0 Å². The number of hydrogen-bond acceptors (Lipinski definition) is 7. The molecule has 1 aliphatic heterocycles. The molecule has 2 N–H and O–H groups in total. The van der Waals surface area contributed by atoms with Crippen molar-refractivity contribution in [2.45, 2.75) is 13.5 Å². The average Bonchev–Trinajstić information content (AvgIpc) is 2.90. The summed E-state index contributed by atoms with van der Waals surface area (Å²) in [6.07, 6.45) is 1.50. The Bertz CT molecular complexity index is 1430. The fourth-order valence-electron chi connectivity index (χ4n) is 3.81. The molecule has 0 spiro atoms. The number of methoxy groups -OCH3 is 2. The number of nitrogens with one attached hydrogen (secondary N) is 2. The molecule has 0 radical (unpaired) electrons. The molecule has 0 saturated carbocycles. The van der Waals surface area contributed by atoms with Crippen LogP contribution in [-0.2, 0) is 21.0 Å². The van der Waals surface area contributed by atoms with E-state index in [4.69, 9.17) is 26.4 Å². The SMILES string of the molecule is COc1cccc(N2C(=O)C(=Cc3ccc(OC)c(COc4ccc(NC(C)=O)cc4)c3)C(=O)NC2=S)c1. The first-order chi connectivity index (χ1) is 18.3. The van der Waals surface area contributed by atoms with Gasteiger partial charge in [0, 0.05) is 24.2 Å². The molecular weight excluding hydrogens is 506 g/mol. The topological polar surface area (TPSA) is 106 Å².